The first kappa shape index (κ1) is 25.5. The Kier molecular flexibility index (Phi) is 8.33. The molecule has 1 rings (SSSR count). The second-order valence-electron chi connectivity index (χ2n) is 8.99. The lowest BCUT2D eigenvalue weighted by Gasteiger charge is -2.20. The van der Waals surface area contributed by atoms with Crippen LogP contribution < -0.4 is 14.8 Å². The second kappa shape index (κ2) is 9.49. The molecule has 0 amide bonds. The van der Waals surface area contributed by atoms with E-state index in [-0.39, 0.29) is 0 Å². The number of unbranched alkanes of at least 4 members (excludes halogenated alkanes) is 1. The molecule has 7 nitrogen and oxygen atoms in total. The predicted molar refractivity (Wildman–Crippen MR) is 122 cm³/mol. The zero-order valence-corrected chi connectivity index (χ0v) is 19.9. The van der Waals surface area contributed by atoms with Crippen molar-refractivity contribution < 1.29 is 16.8 Å². The molecule has 29 heavy (non-hydrogen) atoms. The highest BCUT2D eigenvalue weighted by molar-refractivity contribution is 7.94. The number of rotatable bonds is 10. The molecule has 1 aromatic carbocycles. The van der Waals surface area contributed by atoms with Crippen molar-refractivity contribution in [1.82, 2.24) is 4.72 Å². The maximum Gasteiger partial charge on any atom is 0.237 e. The van der Waals surface area contributed by atoms with Crippen molar-refractivity contribution in [3.63, 3.8) is 0 Å². The van der Waals surface area contributed by atoms with E-state index in [2.05, 4.69) is 21.3 Å². The van der Waals surface area contributed by atoms with Crippen molar-refractivity contribution in [2.45, 2.75) is 70.3 Å². The third kappa shape index (κ3) is 7.98. The number of sulfonamides is 2. The van der Waals surface area contributed by atoms with Crippen molar-refractivity contribution in [1.29, 1.82) is 0 Å². The van der Waals surface area contributed by atoms with Crippen molar-refractivity contribution >= 4 is 31.4 Å². The summed E-state index contributed by atoms with van der Waals surface area (Å²) in [7, 11) is -6.77. The molecule has 166 valence electrons. The smallest absolute Gasteiger partial charge is 0.237 e. The number of hydrogen-bond acceptors (Lipinski definition) is 5. The summed E-state index contributed by atoms with van der Waals surface area (Å²) in [5, 5.41) is 3.18. The number of hydrogen-bond donors (Lipinski definition) is 3. The summed E-state index contributed by atoms with van der Waals surface area (Å²) < 4.78 is 51.8. The Balaban J connectivity index is 2.44. The zero-order valence-electron chi connectivity index (χ0n) is 18.3. The Hall–Kier alpha value is -1.58. The van der Waals surface area contributed by atoms with E-state index in [0.717, 1.165) is 17.8 Å². The summed E-state index contributed by atoms with van der Waals surface area (Å²) in [5.74, 6) is 0. The number of allylic oxidation sites excluding steroid dienone is 1. The van der Waals surface area contributed by atoms with Crippen LogP contribution in [0.25, 0.3) is 0 Å². The van der Waals surface area contributed by atoms with Gasteiger partial charge in [0, 0.05) is 23.6 Å². The van der Waals surface area contributed by atoms with E-state index in [1.54, 1.807) is 65.8 Å². The van der Waals surface area contributed by atoms with Crippen LogP contribution in [0.1, 0.15) is 60.8 Å². The fourth-order valence-electron chi connectivity index (χ4n) is 2.08. The average Bonchev–Trinajstić information content (AvgIpc) is 2.54. The van der Waals surface area contributed by atoms with Gasteiger partial charge in [-0.15, -0.1) is 0 Å². The van der Waals surface area contributed by atoms with E-state index in [1.807, 2.05) is 0 Å². The summed E-state index contributed by atoms with van der Waals surface area (Å²) in [6, 6.07) is 6.95. The molecule has 3 N–H and O–H groups in total. The maximum absolute atomic E-state index is 12.2. The SMILES string of the molecule is C=C(CCCCNS(=O)(=O)C(C)(C)C)Nc1ccc(NS(=O)(=O)C(C)(C)C)cc1. The molecule has 0 spiro atoms. The lowest BCUT2D eigenvalue weighted by molar-refractivity contribution is 0.541. The standard InChI is InChI=1S/C20H35N3O4S2/c1-16(10-8-9-15-21-28(24,25)19(2,3)4)22-17-11-13-18(14-12-17)23-29(26,27)20(5,6)7/h11-14,21-23H,1,8-10,15H2,2-7H3. The highest BCUT2D eigenvalue weighted by Gasteiger charge is 2.29. The first-order valence-corrected chi connectivity index (χ1v) is 12.6. The van der Waals surface area contributed by atoms with Crippen LogP contribution in [-0.4, -0.2) is 32.9 Å². The summed E-state index contributed by atoms with van der Waals surface area (Å²) in [5.41, 5.74) is 2.12. The lowest BCUT2D eigenvalue weighted by Crippen LogP contribution is -2.39. The molecule has 0 aliphatic rings. The molecule has 0 saturated carbocycles. The van der Waals surface area contributed by atoms with Gasteiger partial charge in [-0.3, -0.25) is 4.72 Å². The molecule has 0 bridgehead atoms. The fraction of sp³-hybridized carbons (Fsp3) is 0.600. The van der Waals surface area contributed by atoms with Gasteiger partial charge >= 0.3 is 0 Å². The minimum atomic E-state index is -3.46. The topological polar surface area (TPSA) is 104 Å². The molecule has 0 unspecified atom stereocenters. The van der Waals surface area contributed by atoms with Gasteiger partial charge in [0.2, 0.25) is 20.0 Å². The molecule has 9 heteroatoms. The second-order valence-corrected chi connectivity index (χ2v) is 13.9. The molecular formula is C20H35N3O4S2. The minimum Gasteiger partial charge on any atom is -0.359 e. The van der Waals surface area contributed by atoms with Gasteiger partial charge in [0.1, 0.15) is 0 Å². The molecule has 0 heterocycles. The van der Waals surface area contributed by atoms with E-state index < -0.39 is 29.5 Å². The van der Waals surface area contributed by atoms with Crippen LogP contribution in [0.3, 0.4) is 0 Å². The normalized spacial score (nSPS) is 13.2. The third-order valence-corrected chi connectivity index (χ3v) is 8.58. The molecule has 0 fully saturated rings. The van der Waals surface area contributed by atoms with Gasteiger partial charge in [0.05, 0.1) is 9.49 Å². The van der Waals surface area contributed by atoms with Crippen molar-refractivity contribution in [3.05, 3.63) is 36.5 Å². The van der Waals surface area contributed by atoms with Crippen LogP contribution in [0.2, 0.25) is 0 Å². The largest absolute Gasteiger partial charge is 0.359 e. The fourth-order valence-corrected chi connectivity index (χ4v) is 3.68. The van der Waals surface area contributed by atoms with Gasteiger partial charge in [-0.2, -0.15) is 0 Å². The Labute approximate surface area is 176 Å². The number of nitrogens with one attached hydrogen (secondary N) is 3. The highest BCUT2D eigenvalue weighted by Crippen LogP contribution is 2.22. The van der Waals surface area contributed by atoms with Crippen LogP contribution in [0.4, 0.5) is 11.4 Å². The summed E-state index contributed by atoms with van der Waals surface area (Å²) in [6.45, 7) is 14.3. The van der Waals surface area contributed by atoms with Gasteiger partial charge in [0.15, 0.2) is 0 Å². The monoisotopic (exact) mass is 445 g/mol. The van der Waals surface area contributed by atoms with Crippen LogP contribution >= 0.6 is 0 Å². The summed E-state index contributed by atoms with van der Waals surface area (Å²) in [6.07, 6.45) is 2.21. The molecular weight excluding hydrogens is 410 g/mol. The molecule has 0 saturated heterocycles. The van der Waals surface area contributed by atoms with Gasteiger partial charge in [-0.1, -0.05) is 6.58 Å². The summed E-state index contributed by atoms with van der Waals surface area (Å²) >= 11 is 0. The van der Waals surface area contributed by atoms with E-state index in [0.29, 0.717) is 25.1 Å². The maximum atomic E-state index is 12.2. The van der Waals surface area contributed by atoms with E-state index in [1.165, 1.54) is 0 Å². The van der Waals surface area contributed by atoms with Gasteiger partial charge < -0.3 is 5.32 Å². The van der Waals surface area contributed by atoms with Crippen molar-refractivity contribution in [2.24, 2.45) is 0 Å². The molecule has 0 aliphatic heterocycles. The van der Waals surface area contributed by atoms with Crippen LogP contribution in [0.15, 0.2) is 36.5 Å². The predicted octanol–water partition coefficient (Wildman–Crippen LogP) is 4.04. The molecule has 0 aliphatic carbocycles. The van der Waals surface area contributed by atoms with E-state index in [9.17, 15) is 16.8 Å². The quantitative estimate of drug-likeness (QED) is 0.472. The van der Waals surface area contributed by atoms with Crippen LogP contribution in [0.5, 0.6) is 0 Å². The first-order chi connectivity index (χ1) is 13.1. The highest BCUT2D eigenvalue weighted by atomic mass is 32.2. The number of benzene rings is 1. The summed E-state index contributed by atoms with van der Waals surface area (Å²) in [4.78, 5) is 0. The number of anilines is 2. The van der Waals surface area contributed by atoms with E-state index >= 15 is 0 Å². The first-order valence-electron chi connectivity index (χ1n) is 9.62. The van der Waals surface area contributed by atoms with E-state index in [4.69, 9.17) is 0 Å². The molecule has 0 aromatic heterocycles. The van der Waals surface area contributed by atoms with Crippen molar-refractivity contribution in [3.8, 4) is 0 Å². The molecule has 0 atom stereocenters. The Morgan fingerprint density at radius 2 is 1.31 bits per heavy atom. The average molecular weight is 446 g/mol. The molecule has 0 radical (unpaired) electrons. The molecule has 1 aromatic rings. The van der Waals surface area contributed by atoms with Gasteiger partial charge in [-0.25, -0.2) is 21.6 Å². The van der Waals surface area contributed by atoms with Crippen LogP contribution in [-0.2, 0) is 20.0 Å². The van der Waals surface area contributed by atoms with Gasteiger partial charge in [-0.05, 0) is 85.1 Å². The van der Waals surface area contributed by atoms with Crippen LogP contribution in [0, 0.1) is 0 Å². The lowest BCUT2D eigenvalue weighted by atomic mass is 10.2. The Bertz CT molecular complexity index is 893. The Morgan fingerprint density at radius 1 is 0.828 bits per heavy atom. The van der Waals surface area contributed by atoms with Gasteiger partial charge in [0.25, 0.3) is 0 Å². The zero-order chi connectivity index (χ0) is 22.5. The Morgan fingerprint density at radius 3 is 1.79 bits per heavy atom. The van der Waals surface area contributed by atoms with Crippen molar-refractivity contribution in [2.75, 3.05) is 16.6 Å². The minimum absolute atomic E-state index is 0.398. The third-order valence-electron chi connectivity index (χ3n) is 4.27.